The first-order valence-corrected chi connectivity index (χ1v) is 7.72. The van der Waals surface area contributed by atoms with Crippen LogP contribution in [0, 0.1) is 6.92 Å². The molecule has 3 nitrogen and oxygen atoms in total. The number of hydrogen-bond donors (Lipinski definition) is 0. The Morgan fingerprint density at radius 2 is 1.90 bits per heavy atom. The zero-order chi connectivity index (χ0) is 14.9. The van der Waals surface area contributed by atoms with Crippen LogP contribution in [0.15, 0.2) is 30.3 Å². The Bertz CT molecular complexity index is 637. The van der Waals surface area contributed by atoms with Crippen molar-refractivity contribution < 1.29 is 4.74 Å². The lowest BCUT2D eigenvalue weighted by Crippen LogP contribution is -2.32. The summed E-state index contributed by atoms with van der Waals surface area (Å²) < 4.78 is 5.95. The molecule has 1 fully saturated rings. The van der Waals surface area contributed by atoms with Crippen molar-refractivity contribution in [3.63, 3.8) is 0 Å². The molecule has 1 atom stereocenters. The molecular formula is C17H19ClN2O. The van der Waals surface area contributed by atoms with Crippen LogP contribution in [0.1, 0.15) is 37.6 Å². The standard InChI is InChI=1S/C17H19ClN2O/c1-12-14(13-8-4-3-5-9-13)19-16(20-15(12)18)17(2)10-6-7-11-21-17/h3-5,8-9H,6-7,10-11H2,1-2H3. The molecule has 1 aliphatic heterocycles. The SMILES string of the molecule is Cc1c(Cl)nc(C2(C)CCCCO2)nc1-c1ccccc1. The van der Waals surface area contributed by atoms with Crippen molar-refractivity contribution in [3.05, 3.63) is 46.9 Å². The number of hydrogen-bond acceptors (Lipinski definition) is 3. The van der Waals surface area contributed by atoms with Crippen LogP contribution >= 0.6 is 11.6 Å². The maximum atomic E-state index is 6.34. The summed E-state index contributed by atoms with van der Waals surface area (Å²) in [5, 5.41) is 0.509. The van der Waals surface area contributed by atoms with Gasteiger partial charge >= 0.3 is 0 Å². The highest BCUT2D eigenvalue weighted by atomic mass is 35.5. The van der Waals surface area contributed by atoms with Gasteiger partial charge in [0.1, 0.15) is 10.8 Å². The van der Waals surface area contributed by atoms with Gasteiger partial charge in [-0.1, -0.05) is 41.9 Å². The molecule has 0 aliphatic carbocycles. The number of halogens is 1. The van der Waals surface area contributed by atoms with Gasteiger partial charge in [-0.05, 0) is 33.1 Å². The van der Waals surface area contributed by atoms with E-state index in [4.69, 9.17) is 21.3 Å². The Labute approximate surface area is 130 Å². The fourth-order valence-electron chi connectivity index (χ4n) is 2.71. The smallest absolute Gasteiger partial charge is 0.162 e. The lowest BCUT2D eigenvalue weighted by Gasteiger charge is -2.32. The molecule has 2 heterocycles. The molecule has 1 unspecified atom stereocenters. The highest BCUT2D eigenvalue weighted by molar-refractivity contribution is 6.30. The molecule has 21 heavy (non-hydrogen) atoms. The molecule has 0 saturated carbocycles. The van der Waals surface area contributed by atoms with Gasteiger partial charge in [0.25, 0.3) is 0 Å². The van der Waals surface area contributed by atoms with E-state index in [-0.39, 0.29) is 0 Å². The molecule has 4 heteroatoms. The van der Waals surface area contributed by atoms with Crippen LogP contribution in [0.5, 0.6) is 0 Å². The number of benzene rings is 1. The number of aromatic nitrogens is 2. The summed E-state index contributed by atoms with van der Waals surface area (Å²) in [6.07, 6.45) is 3.16. The third kappa shape index (κ3) is 2.81. The summed E-state index contributed by atoms with van der Waals surface area (Å²) in [5.74, 6) is 0.691. The second-order valence-electron chi connectivity index (χ2n) is 5.71. The van der Waals surface area contributed by atoms with Crippen molar-refractivity contribution in [1.82, 2.24) is 9.97 Å². The first-order valence-electron chi connectivity index (χ1n) is 7.34. The molecule has 1 aromatic heterocycles. The maximum absolute atomic E-state index is 6.34. The minimum absolute atomic E-state index is 0.431. The lowest BCUT2D eigenvalue weighted by atomic mass is 9.94. The molecule has 2 aromatic rings. The van der Waals surface area contributed by atoms with Crippen LogP contribution in [0.25, 0.3) is 11.3 Å². The number of ether oxygens (including phenoxy) is 1. The summed E-state index contributed by atoms with van der Waals surface area (Å²) in [5.41, 5.74) is 2.42. The molecule has 0 amide bonds. The summed E-state index contributed by atoms with van der Waals surface area (Å²) in [6.45, 7) is 4.77. The number of nitrogens with zero attached hydrogens (tertiary/aromatic N) is 2. The predicted octanol–water partition coefficient (Wildman–Crippen LogP) is 4.52. The van der Waals surface area contributed by atoms with Gasteiger partial charge in [0, 0.05) is 17.7 Å². The van der Waals surface area contributed by atoms with Crippen molar-refractivity contribution in [2.24, 2.45) is 0 Å². The highest BCUT2D eigenvalue weighted by Crippen LogP contribution is 2.35. The molecule has 0 spiro atoms. The summed E-state index contributed by atoms with van der Waals surface area (Å²) in [6, 6.07) is 10.1. The average Bonchev–Trinajstić information content (AvgIpc) is 2.51. The quantitative estimate of drug-likeness (QED) is 0.765. The van der Waals surface area contributed by atoms with Crippen LogP contribution in [-0.2, 0) is 10.3 Å². The van der Waals surface area contributed by atoms with E-state index in [1.165, 1.54) is 0 Å². The van der Waals surface area contributed by atoms with E-state index in [1.54, 1.807) is 0 Å². The van der Waals surface area contributed by atoms with E-state index in [2.05, 4.69) is 11.9 Å². The minimum Gasteiger partial charge on any atom is -0.367 e. The Hall–Kier alpha value is -1.45. The average molecular weight is 303 g/mol. The molecule has 110 valence electrons. The molecule has 0 radical (unpaired) electrons. The van der Waals surface area contributed by atoms with E-state index < -0.39 is 5.60 Å². The van der Waals surface area contributed by atoms with Crippen LogP contribution < -0.4 is 0 Å². The lowest BCUT2D eigenvalue weighted by molar-refractivity contribution is -0.0759. The molecule has 3 rings (SSSR count). The minimum atomic E-state index is -0.431. The fourth-order valence-corrected chi connectivity index (χ4v) is 2.88. The van der Waals surface area contributed by atoms with Crippen LogP contribution in [-0.4, -0.2) is 16.6 Å². The zero-order valence-corrected chi connectivity index (χ0v) is 13.2. The fraction of sp³-hybridized carbons (Fsp3) is 0.412. The van der Waals surface area contributed by atoms with Gasteiger partial charge in [-0.3, -0.25) is 0 Å². The van der Waals surface area contributed by atoms with E-state index in [0.29, 0.717) is 11.0 Å². The molecule has 1 aliphatic rings. The first kappa shape index (κ1) is 14.5. The van der Waals surface area contributed by atoms with Gasteiger partial charge in [-0.25, -0.2) is 9.97 Å². The third-order valence-corrected chi connectivity index (χ3v) is 4.44. The maximum Gasteiger partial charge on any atom is 0.162 e. The largest absolute Gasteiger partial charge is 0.367 e. The van der Waals surface area contributed by atoms with Crippen molar-refractivity contribution in [3.8, 4) is 11.3 Å². The first-order chi connectivity index (χ1) is 10.1. The van der Waals surface area contributed by atoms with E-state index in [0.717, 1.165) is 42.7 Å². The van der Waals surface area contributed by atoms with E-state index in [1.807, 2.05) is 37.3 Å². The normalized spacial score (nSPS) is 22.2. The second-order valence-corrected chi connectivity index (χ2v) is 6.07. The monoisotopic (exact) mass is 302 g/mol. The van der Waals surface area contributed by atoms with Gasteiger partial charge in [0.15, 0.2) is 5.82 Å². The van der Waals surface area contributed by atoms with Crippen molar-refractivity contribution >= 4 is 11.6 Å². The zero-order valence-electron chi connectivity index (χ0n) is 12.4. The van der Waals surface area contributed by atoms with E-state index in [9.17, 15) is 0 Å². The Balaban J connectivity index is 2.10. The summed E-state index contributed by atoms with van der Waals surface area (Å²) >= 11 is 6.34. The van der Waals surface area contributed by atoms with E-state index >= 15 is 0 Å². The predicted molar refractivity (Wildman–Crippen MR) is 84.4 cm³/mol. The Kier molecular flexibility index (Phi) is 3.96. The Morgan fingerprint density at radius 1 is 1.14 bits per heavy atom. The van der Waals surface area contributed by atoms with Gasteiger partial charge in [-0.2, -0.15) is 0 Å². The number of rotatable bonds is 2. The second kappa shape index (κ2) is 5.74. The molecule has 1 aromatic carbocycles. The highest BCUT2D eigenvalue weighted by Gasteiger charge is 2.34. The van der Waals surface area contributed by atoms with Gasteiger partial charge in [-0.15, -0.1) is 0 Å². The summed E-state index contributed by atoms with van der Waals surface area (Å²) in [7, 11) is 0. The van der Waals surface area contributed by atoms with Gasteiger partial charge < -0.3 is 4.74 Å². The van der Waals surface area contributed by atoms with Crippen molar-refractivity contribution in [2.45, 2.75) is 38.7 Å². The summed E-state index contributed by atoms with van der Waals surface area (Å²) in [4.78, 5) is 9.26. The van der Waals surface area contributed by atoms with Crippen LogP contribution in [0.4, 0.5) is 0 Å². The van der Waals surface area contributed by atoms with Crippen molar-refractivity contribution in [2.75, 3.05) is 6.61 Å². The van der Waals surface area contributed by atoms with Crippen LogP contribution in [0.2, 0.25) is 5.15 Å². The Morgan fingerprint density at radius 3 is 2.57 bits per heavy atom. The molecular weight excluding hydrogens is 284 g/mol. The molecule has 0 N–H and O–H groups in total. The van der Waals surface area contributed by atoms with Gasteiger partial charge in [0.05, 0.1) is 5.69 Å². The van der Waals surface area contributed by atoms with Crippen LogP contribution in [0.3, 0.4) is 0 Å². The molecule has 1 saturated heterocycles. The topological polar surface area (TPSA) is 35.0 Å². The van der Waals surface area contributed by atoms with Gasteiger partial charge in [0.2, 0.25) is 0 Å². The molecule has 0 bridgehead atoms. The third-order valence-electron chi connectivity index (χ3n) is 4.08. The van der Waals surface area contributed by atoms with Crippen molar-refractivity contribution in [1.29, 1.82) is 0 Å².